The molecule has 0 bridgehead atoms. The van der Waals surface area contributed by atoms with Crippen molar-refractivity contribution in [1.82, 2.24) is 0 Å². The fourth-order valence-electron chi connectivity index (χ4n) is 1.77. The molecule has 0 saturated carbocycles. The van der Waals surface area contributed by atoms with Gasteiger partial charge in [0, 0.05) is 5.46 Å². The number of benzene rings is 1. The van der Waals surface area contributed by atoms with Gasteiger partial charge >= 0.3 is 7.12 Å². The highest BCUT2D eigenvalue weighted by Crippen LogP contribution is 2.29. The molecule has 0 radical (unpaired) electrons. The Morgan fingerprint density at radius 3 is 2.50 bits per heavy atom. The fourth-order valence-corrected chi connectivity index (χ4v) is 1.77. The van der Waals surface area contributed by atoms with Gasteiger partial charge in [0.15, 0.2) is 0 Å². The van der Waals surface area contributed by atoms with E-state index < -0.39 is 5.60 Å². The van der Waals surface area contributed by atoms with Crippen LogP contribution in [0.3, 0.4) is 0 Å². The molecule has 16 heavy (non-hydrogen) atoms. The lowest BCUT2D eigenvalue weighted by Gasteiger charge is -2.15. The molecule has 1 saturated heterocycles. The Morgan fingerprint density at radius 1 is 1.25 bits per heavy atom. The zero-order valence-corrected chi connectivity index (χ0v) is 10.3. The van der Waals surface area contributed by atoms with Crippen LogP contribution in [0.25, 0.3) is 0 Å². The van der Waals surface area contributed by atoms with Crippen molar-refractivity contribution < 1.29 is 9.31 Å². The number of hydrogen-bond donors (Lipinski definition) is 0. The first-order chi connectivity index (χ1) is 7.40. The summed E-state index contributed by atoms with van der Waals surface area (Å²) in [6.45, 7) is 12.0. The maximum atomic E-state index is 5.86. The first-order valence-electron chi connectivity index (χ1n) is 5.51. The average Bonchev–Trinajstić information content (AvgIpc) is 2.45. The lowest BCUT2D eigenvalue weighted by molar-refractivity contribution is 0.173. The Balaban J connectivity index is 2.33. The molecule has 2 rings (SSSR count). The van der Waals surface area contributed by atoms with Gasteiger partial charge in [0.25, 0.3) is 0 Å². The highest BCUT2D eigenvalue weighted by Gasteiger charge is 2.43. The van der Waals surface area contributed by atoms with E-state index in [0.29, 0.717) is 5.76 Å². The van der Waals surface area contributed by atoms with Gasteiger partial charge in [-0.3, -0.25) is 0 Å². The van der Waals surface area contributed by atoms with Crippen LogP contribution in [0.2, 0.25) is 0 Å². The van der Waals surface area contributed by atoms with Gasteiger partial charge in [-0.25, -0.2) is 0 Å². The standard InChI is InChI=1S/C13H17BO2/c1-9-6-7-10(2)12(8-9)14-15-11(3)13(4,5)16-14/h6-8H,3H2,1-2,4-5H3. The van der Waals surface area contributed by atoms with E-state index in [0.717, 1.165) is 5.46 Å². The summed E-state index contributed by atoms with van der Waals surface area (Å²) in [6, 6.07) is 6.29. The Hall–Kier alpha value is -1.22. The van der Waals surface area contributed by atoms with Gasteiger partial charge in [0.2, 0.25) is 0 Å². The zero-order valence-electron chi connectivity index (χ0n) is 10.3. The number of rotatable bonds is 1. The summed E-state index contributed by atoms with van der Waals surface area (Å²) in [6.07, 6.45) is 0. The maximum absolute atomic E-state index is 5.86. The van der Waals surface area contributed by atoms with Crippen molar-refractivity contribution in [3.8, 4) is 0 Å². The van der Waals surface area contributed by atoms with E-state index in [4.69, 9.17) is 9.31 Å². The van der Waals surface area contributed by atoms with E-state index in [-0.39, 0.29) is 7.12 Å². The lowest BCUT2D eigenvalue weighted by Crippen LogP contribution is -2.36. The minimum absolute atomic E-state index is 0.317. The van der Waals surface area contributed by atoms with Crippen LogP contribution in [0.4, 0.5) is 0 Å². The third-order valence-electron chi connectivity index (χ3n) is 3.01. The van der Waals surface area contributed by atoms with Crippen molar-refractivity contribution >= 4 is 12.6 Å². The van der Waals surface area contributed by atoms with E-state index in [2.05, 4.69) is 38.6 Å². The molecule has 2 nitrogen and oxygen atoms in total. The van der Waals surface area contributed by atoms with Crippen LogP contribution in [0, 0.1) is 13.8 Å². The summed E-state index contributed by atoms with van der Waals surface area (Å²) >= 11 is 0. The molecule has 1 aliphatic rings. The third-order valence-corrected chi connectivity index (χ3v) is 3.01. The third kappa shape index (κ3) is 1.87. The summed E-state index contributed by atoms with van der Waals surface area (Å²) < 4.78 is 11.5. The SMILES string of the molecule is C=C1OB(c2cc(C)ccc2C)OC1(C)C. The fraction of sp³-hybridized carbons (Fsp3) is 0.385. The highest BCUT2D eigenvalue weighted by molar-refractivity contribution is 6.62. The van der Waals surface area contributed by atoms with Gasteiger partial charge < -0.3 is 9.31 Å². The predicted molar refractivity (Wildman–Crippen MR) is 66.7 cm³/mol. The largest absolute Gasteiger partial charge is 0.563 e. The molecule has 0 aromatic heterocycles. The van der Waals surface area contributed by atoms with E-state index in [1.54, 1.807) is 0 Å². The summed E-state index contributed by atoms with van der Waals surface area (Å²) in [5.41, 5.74) is 3.08. The van der Waals surface area contributed by atoms with Crippen LogP contribution < -0.4 is 5.46 Å². The van der Waals surface area contributed by atoms with Crippen LogP contribution in [-0.4, -0.2) is 12.7 Å². The van der Waals surface area contributed by atoms with Crippen molar-refractivity contribution in [3.63, 3.8) is 0 Å². The Labute approximate surface area is 97.4 Å². The molecule has 1 aliphatic heterocycles. The van der Waals surface area contributed by atoms with Gasteiger partial charge in [-0.05, 0) is 27.7 Å². The second kappa shape index (κ2) is 3.67. The molecule has 0 amide bonds. The molecule has 1 heterocycles. The molecule has 0 unspecified atom stereocenters. The first kappa shape index (κ1) is 11.3. The molecule has 0 aliphatic carbocycles. The predicted octanol–water partition coefficient (Wildman–Crippen LogP) is 2.34. The number of aryl methyl sites for hydroxylation is 2. The normalized spacial score (nSPS) is 18.8. The van der Waals surface area contributed by atoms with Gasteiger partial charge in [0.1, 0.15) is 5.60 Å². The van der Waals surface area contributed by atoms with Crippen molar-refractivity contribution in [3.05, 3.63) is 41.7 Å². The van der Waals surface area contributed by atoms with Gasteiger partial charge in [-0.1, -0.05) is 35.9 Å². The molecule has 1 fully saturated rings. The second-order valence-corrected chi connectivity index (χ2v) is 4.86. The van der Waals surface area contributed by atoms with Crippen LogP contribution in [0.1, 0.15) is 25.0 Å². The zero-order chi connectivity index (χ0) is 11.9. The van der Waals surface area contributed by atoms with Crippen LogP contribution in [-0.2, 0) is 9.31 Å². The molecular formula is C13H17BO2. The summed E-state index contributed by atoms with van der Waals surface area (Å²) in [5, 5.41) is 0. The van der Waals surface area contributed by atoms with Gasteiger partial charge in [-0.2, -0.15) is 0 Å². The summed E-state index contributed by atoms with van der Waals surface area (Å²) in [4.78, 5) is 0. The smallest absolute Gasteiger partial charge is 0.534 e. The van der Waals surface area contributed by atoms with Crippen molar-refractivity contribution in [2.75, 3.05) is 0 Å². The molecule has 1 aromatic carbocycles. The van der Waals surface area contributed by atoms with Crippen LogP contribution in [0.15, 0.2) is 30.5 Å². The van der Waals surface area contributed by atoms with Gasteiger partial charge in [-0.15, -0.1) is 0 Å². The Kier molecular flexibility index (Phi) is 2.58. The van der Waals surface area contributed by atoms with E-state index >= 15 is 0 Å². The Bertz CT molecular complexity index is 438. The second-order valence-electron chi connectivity index (χ2n) is 4.86. The molecule has 1 aromatic rings. The average molecular weight is 216 g/mol. The summed E-state index contributed by atoms with van der Waals surface area (Å²) in [5.74, 6) is 0.693. The maximum Gasteiger partial charge on any atom is 0.563 e. The molecule has 0 N–H and O–H groups in total. The monoisotopic (exact) mass is 216 g/mol. The molecular weight excluding hydrogens is 199 g/mol. The first-order valence-corrected chi connectivity index (χ1v) is 5.51. The number of hydrogen-bond acceptors (Lipinski definition) is 2. The topological polar surface area (TPSA) is 18.5 Å². The van der Waals surface area contributed by atoms with E-state index in [9.17, 15) is 0 Å². The van der Waals surface area contributed by atoms with Crippen molar-refractivity contribution in [2.45, 2.75) is 33.3 Å². The Morgan fingerprint density at radius 2 is 1.94 bits per heavy atom. The minimum atomic E-state index is -0.402. The minimum Gasteiger partial charge on any atom is -0.534 e. The summed E-state index contributed by atoms with van der Waals surface area (Å²) in [7, 11) is -0.317. The van der Waals surface area contributed by atoms with Crippen molar-refractivity contribution in [2.24, 2.45) is 0 Å². The molecule has 0 atom stereocenters. The lowest BCUT2D eigenvalue weighted by atomic mass is 9.75. The quantitative estimate of drug-likeness (QED) is 0.670. The van der Waals surface area contributed by atoms with Crippen LogP contribution in [0.5, 0.6) is 0 Å². The van der Waals surface area contributed by atoms with Crippen molar-refractivity contribution in [1.29, 1.82) is 0 Å². The molecule has 84 valence electrons. The van der Waals surface area contributed by atoms with Gasteiger partial charge in [0.05, 0.1) is 5.76 Å². The molecule has 3 heteroatoms. The van der Waals surface area contributed by atoms with E-state index in [1.807, 2.05) is 13.8 Å². The molecule has 0 spiro atoms. The van der Waals surface area contributed by atoms with E-state index in [1.165, 1.54) is 11.1 Å². The van der Waals surface area contributed by atoms with Crippen LogP contribution >= 0.6 is 0 Å². The highest BCUT2D eigenvalue weighted by atomic mass is 16.7.